The molecule has 0 fully saturated rings. The zero-order chi connectivity index (χ0) is 10.7. The molecular formula is C8H10N4O2. The monoisotopic (exact) mass is 194 g/mol. The highest BCUT2D eigenvalue weighted by Gasteiger charge is 2.14. The first-order valence-corrected chi connectivity index (χ1v) is 3.85. The van der Waals surface area contributed by atoms with Gasteiger partial charge in [0.1, 0.15) is 0 Å². The summed E-state index contributed by atoms with van der Waals surface area (Å²) in [6.07, 6.45) is 1.48. The summed E-state index contributed by atoms with van der Waals surface area (Å²) < 4.78 is 0. The first kappa shape index (κ1) is 10.1. The summed E-state index contributed by atoms with van der Waals surface area (Å²) in [6.45, 7) is 3.48. The van der Waals surface area contributed by atoms with E-state index in [4.69, 9.17) is 11.5 Å². The minimum absolute atomic E-state index is 0.134. The van der Waals surface area contributed by atoms with Gasteiger partial charge in [-0.1, -0.05) is 6.08 Å². The van der Waals surface area contributed by atoms with Crippen molar-refractivity contribution in [3.63, 3.8) is 0 Å². The van der Waals surface area contributed by atoms with E-state index in [1.54, 1.807) is 0 Å². The van der Waals surface area contributed by atoms with Crippen molar-refractivity contribution >= 4 is 11.5 Å². The zero-order valence-electron chi connectivity index (χ0n) is 7.38. The molecule has 74 valence electrons. The Kier molecular flexibility index (Phi) is 2.78. The predicted molar refractivity (Wildman–Crippen MR) is 52.4 cm³/mol. The molecule has 0 bridgehead atoms. The van der Waals surface area contributed by atoms with Crippen LogP contribution in [-0.2, 0) is 0 Å². The highest BCUT2D eigenvalue weighted by molar-refractivity contribution is 5.52. The van der Waals surface area contributed by atoms with E-state index in [0.29, 0.717) is 5.69 Å². The Morgan fingerprint density at radius 3 is 2.71 bits per heavy atom. The Morgan fingerprint density at radius 2 is 2.29 bits per heavy atom. The van der Waals surface area contributed by atoms with Crippen LogP contribution in [0.2, 0.25) is 0 Å². The molecule has 4 N–H and O–H groups in total. The largest absolute Gasteiger partial charge is 0.378 e. The molecule has 1 aromatic heterocycles. The van der Waals surface area contributed by atoms with Gasteiger partial charge in [-0.2, -0.15) is 0 Å². The zero-order valence-corrected chi connectivity index (χ0v) is 7.38. The fourth-order valence-electron chi connectivity index (χ4n) is 0.944. The van der Waals surface area contributed by atoms with Crippen LogP contribution >= 0.6 is 0 Å². The Balaban J connectivity index is 3.12. The van der Waals surface area contributed by atoms with Gasteiger partial charge in [0.2, 0.25) is 5.82 Å². The van der Waals surface area contributed by atoms with Gasteiger partial charge in [-0.05, 0) is 6.07 Å². The lowest BCUT2D eigenvalue weighted by atomic mass is 10.2. The number of nitrogens with two attached hydrogens (primary N) is 2. The van der Waals surface area contributed by atoms with E-state index < -0.39 is 11.0 Å². The van der Waals surface area contributed by atoms with Gasteiger partial charge in [0, 0.05) is 6.07 Å². The van der Waals surface area contributed by atoms with Gasteiger partial charge < -0.3 is 11.5 Å². The van der Waals surface area contributed by atoms with Crippen molar-refractivity contribution in [2.45, 2.75) is 6.04 Å². The maximum absolute atomic E-state index is 10.4. The van der Waals surface area contributed by atoms with Gasteiger partial charge in [-0.15, -0.1) is 6.58 Å². The molecule has 0 radical (unpaired) electrons. The molecule has 1 atom stereocenters. The van der Waals surface area contributed by atoms with E-state index in [1.807, 2.05) is 0 Å². The van der Waals surface area contributed by atoms with Crippen molar-refractivity contribution in [1.82, 2.24) is 4.98 Å². The second-order valence-corrected chi connectivity index (χ2v) is 2.66. The molecule has 6 heteroatoms. The van der Waals surface area contributed by atoms with Crippen LogP contribution in [0.1, 0.15) is 11.7 Å². The summed E-state index contributed by atoms with van der Waals surface area (Å²) in [5, 5.41) is 10.4. The minimum atomic E-state index is -0.592. The number of nitrogens with zero attached hydrogens (tertiary/aromatic N) is 2. The smallest absolute Gasteiger partial charge is 0.311 e. The minimum Gasteiger partial charge on any atom is -0.378 e. The van der Waals surface area contributed by atoms with Crippen molar-refractivity contribution in [2.75, 3.05) is 5.73 Å². The maximum Gasteiger partial charge on any atom is 0.311 e. The van der Waals surface area contributed by atoms with Crippen molar-refractivity contribution in [2.24, 2.45) is 5.73 Å². The van der Waals surface area contributed by atoms with Gasteiger partial charge in [0.15, 0.2) is 0 Å². The van der Waals surface area contributed by atoms with Crippen LogP contribution in [-0.4, -0.2) is 9.91 Å². The third-order valence-corrected chi connectivity index (χ3v) is 1.72. The predicted octanol–water partition coefficient (Wildman–Crippen LogP) is 0.758. The third kappa shape index (κ3) is 1.86. The topological polar surface area (TPSA) is 108 Å². The number of hydrogen-bond donors (Lipinski definition) is 2. The van der Waals surface area contributed by atoms with Crippen LogP contribution in [0, 0.1) is 10.1 Å². The number of nitro groups is 1. The molecule has 6 nitrogen and oxygen atoms in total. The van der Waals surface area contributed by atoms with E-state index in [9.17, 15) is 10.1 Å². The molecule has 0 aliphatic heterocycles. The molecule has 0 saturated carbocycles. The summed E-state index contributed by atoms with van der Waals surface area (Å²) in [4.78, 5) is 13.6. The molecule has 0 aliphatic rings. The Bertz CT molecular complexity index is 378. The number of nitrogen functional groups attached to an aromatic ring is 1. The first-order valence-electron chi connectivity index (χ1n) is 3.85. The first-order chi connectivity index (χ1) is 6.56. The number of aromatic nitrogens is 1. The molecule has 0 amide bonds. The van der Waals surface area contributed by atoms with Crippen LogP contribution in [0.15, 0.2) is 24.8 Å². The van der Waals surface area contributed by atoms with E-state index in [2.05, 4.69) is 11.6 Å². The lowest BCUT2D eigenvalue weighted by molar-refractivity contribution is -0.384. The molecule has 1 heterocycles. The molecule has 0 spiro atoms. The highest BCUT2D eigenvalue weighted by Crippen LogP contribution is 2.20. The summed E-state index contributed by atoms with van der Waals surface area (Å²) in [5.41, 5.74) is 11.2. The SMILES string of the molecule is C=CC(N)c1ccc([N+](=O)[O-])c(N)n1. The van der Waals surface area contributed by atoms with E-state index >= 15 is 0 Å². The Morgan fingerprint density at radius 1 is 1.64 bits per heavy atom. The van der Waals surface area contributed by atoms with Gasteiger partial charge in [-0.25, -0.2) is 4.98 Å². The van der Waals surface area contributed by atoms with Gasteiger partial charge >= 0.3 is 5.69 Å². The molecule has 0 aromatic carbocycles. The average Bonchev–Trinajstić information content (AvgIpc) is 2.15. The van der Waals surface area contributed by atoms with Crippen LogP contribution in [0.3, 0.4) is 0 Å². The van der Waals surface area contributed by atoms with E-state index in [0.717, 1.165) is 0 Å². The second-order valence-electron chi connectivity index (χ2n) is 2.66. The quantitative estimate of drug-likeness (QED) is 0.419. The summed E-state index contributed by atoms with van der Waals surface area (Å²) in [7, 11) is 0. The second kappa shape index (κ2) is 3.84. The van der Waals surface area contributed by atoms with Crippen molar-refractivity contribution in [1.29, 1.82) is 0 Å². The fourth-order valence-corrected chi connectivity index (χ4v) is 0.944. The molecule has 0 aliphatic carbocycles. The Hall–Kier alpha value is -1.95. The number of anilines is 1. The normalized spacial score (nSPS) is 12.1. The summed E-state index contributed by atoms with van der Waals surface area (Å²) in [6, 6.07) is 2.28. The highest BCUT2D eigenvalue weighted by atomic mass is 16.6. The number of rotatable bonds is 3. The van der Waals surface area contributed by atoms with Gasteiger partial charge in [-0.3, -0.25) is 10.1 Å². The lowest BCUT2D eigenvalue weighted by Crippen LogP contribution is -2.10. The van der Waals surface area contributed by atoms with Crippen molar-refractivity contribution < 1.29 is 4.92 Å². The van der Waals surface area contributed by atoms with Crippen LogP contribution in [0.4, 0.5) is 11.5 Å². The molecule has 0 saturated heterocycles. The Labute approximate surface area is 80.4 Å². The number of pyridine rings is 1. The maximum atomic E-state index is 10.4. The van der Waals surface area contributed by atoms with Gasteiger partial charge in [0.05, 0.1) is 16.7 Å². The molecule has 1 unspecified atom stereocenters. The summed E-state index contributed by atoms with van der Waals surface area (Å²) >= 11 is 0. The third-order valence-electron chi connectivity index (χ3n) is 1.72. The van der Waals surface area contributed by atoms with Gasteiger partial charge in [0.25, 0.3) is 0 Å². The average molecular weight is 194 g/mol. The standard InChI is InChI=1S/C8H10N4O2/c1-2-5(9)6-3-4-7(12(13)14)8(10)11-6/h2-5H,1,9H2,(H2,10,11). The van der Waals surface area contributed by atoms with E-state index in [-0.39, 0.29) is 11.5 Å². The fraction of sp³-hybridized carbons (Fsp3) is 0.125. The lowest BCUT2D eigenvalue weighted by Gasteiger charge is -2.05. The van der Waals surface area contributed by atoms with Crippen molar-refractivity contribution in [3.8, 4) is 0 Å². The molecule has 1 aromatic rings. The molecule has 14 heavy (non-hydrogen) atoms. The van der Waals surface area contributed by atoms with Crippen molar-refractivity contribution in [3.05, 3.63) is 40.6 Å². The van der Waals surface area contributed by atoms with Crippen LogP contribution in [0.25, 0.3) is 0 Å². The molecule has 1 rings (SSSR count). The summed E-state index contributed by atoms with van der Waals surface area (Å²) in [5.74, 6) is -0.134. The molecular weight excluding hydrogens is 184 g/mol. The number of hydrogen-bond acceptors (Lipinski definition) is 5. The van der Waals surface area contributed by atoms with Crippen LogP contribution < -0.4 is 11.5 Å². The van der Waals surface area contributed by atoms with E-state index in [1.165, 1.54) is 18.2 Å². The van der Waals surface area contributed by atoms with Crippen LogP contribution in [0.5, 0.6) is 0 Å².